The molecule has 0 saturated carbocycles. The summed E-state index contributed by atoms with van der Waals surface area (Å²) >= 11 is 0. The Hall–Kier alpha value is -1.78. The molecule has 5 heteroatoms. The average molecular weight is 248 g/mol. The molecular formula is C13H20N4O. The molecule has 18 heavy (non-hydrogen) atoms. The monoisotopic (exact) mass is 248 g/mol. The van der Waals surface area contributed by atoms with Crippen LogP contribution in [0.25, 0.3) is 11.2 Å². The first-order valence-corrected chi connectivity index (χ1v) is 6.21. The highest BCUT2D eigenvalue weighted by atomic mass is 16.5. The van der Waals surface area contributed by atoms with Gasteiger partial charge in [-0.15, -0.1) is 0 Å². The normalized spacial score (nSPS) is 13.2. The number of methoxy groups -OCH3 is 1. The van der Waals surface area contributed by atoms with Crippen LogP contribution in [0.2, 0.25) is 0 Å². The van der Waals surface area contributed by atoms with E-state index >= 15 is 0 Å². The molecule has 0 amide bonds. The maximum atomic E-state index is 5.99. The van der Waals surface area contributed by atoms with Gasteiger partial charge in [-0.1, -0.05) is 13.8 Å². The van der Waals surface area contributed by atoms with Crippen molar-refractivity contribution in [2.45, 2.75) is 33.2 Å². The zero-order valence-corrected chi connectivity index (χ0v) is 11.3. The lowest BCUT2D eigenvalue weighted by Crippen LogP contribution is -2.11. The van der Waals surface area contributed by atoms with Crippen molar-refractivity contribution in [2.24, 2.45) is 5.92 Å². The first-order valence-electron chi connectivity index (χ1n) is 6.21. The number of nitrogens with zero attached hydrogens (tertiary/aromatic N) is 3. The summed E-state index contributed by atoms with van der Waals surface area (Å²) in [5.41, 5.74) is 7.59. The lowest BCUT2D eigenvalue weighted by atomic mass is 10.1. The Morgan fingerprint density at radius 3 is 2.61 bits per heavy atom. The molecule has 0 aliphatic rings. The molecule has 1 unspecified atom stereocenters. The summed E-state index contributed by atoms with van der Waals surface area (Å²) in [6.45, 7) is 6.53. The number of rotatable bonds is 4. The summed E-state index contributed by atoms with van der Waals surface area (Å²) in [7, 11) is 1.61. The second-order valence-corrected chi connectivity index (χ2v) is 5.01. The van der Waals surface area contributed by atoms with Crippen LogP contribution in [0.3, 0.4) is 0 Å². The molecule has 0 radical (unpaired) electrons. The topological polar surface area (TPSA) is 66.0 Å². The molecule has 5 nitrogen and oxygen atoms in total. The first kappa shape index (κ1) is 12.7. The first-order chi connectivity index (χ1) is 8.52. The van der Waals surface area contributed by atoms with Crippen molar-refractivity contribution in [1.82, 2.24) is 14.5 Å². The van der Waals surface area contributed by atoms with Gasteiger partial charge in [-0.2, -0.15) is 4.98 Å². The average Bonchev–Trinajstić information content (AvgIpc) is 2.62. The van der Waals surface area contributed by atoms with Gasteiger partial charge in [-0.3, -0.25) is 4.57 Å². The van der Waals surface area contributed by atoms with Crippen molar-refractivity contribution in [3.05, 3.63) is 12.1 Å². The van der Waals surface area contributed by atoms with Crippen LogP contribution in [0.5, 0.6) is 5.88 Å². The molecule has 0 aromatic carbocycles. The van der Waals surface area contributed by atoms with Gasteiger partial charge in [0.25, 0.3) is 0 Å². The molecule has 2 aromatic heterocycles. The van der Waals surface area contributed by atoms with Crippen molar-refractivity contribution in [2.75, 3.05) is 12.8 Å². The Bertz CT molecular complexity index is 547. The minimum atomic E-state index is 0.273. The summed E-state index contributed by atoms with van der Waals surface area (Å²) < 4.78 is 7.14. The number of anilines is 1. The Morgan fingerprint density at radius 2 is 2.00 bits per heavy atom. The number of imidazole rings is 1. The molecule has 98 valence electrons. The van der Waals surface area contributed by atoms with Gasteiger partial charge in [0, 0.05) is 12.1 Å². The Labute approximate surface area is 107 Å². The predicted molar refractivity (Wildman–Crippen MR) is 72.7 cm³/mol. The molecule has 2 N–H and O–H groups in total. The number of aromatic nitrogens is 3. The van der Waals surface area contributed by atoms with Crippen LogP contribution in [0.15, 0.2) is 12.1 Å². The highest BCUT2D eigenvalue weighted by Gasteiger charge is 2.16. The maximum absolute atomic E-state index is 5.99. The van der Waals surface area contributed by atoms with Crippen LogP contribution in [0.1, 0.15) is 33.2 Å². The van der Waals surface area contributed by atoms with Crippen LogP contribution in [-0.4, -0.2) is 21.6 Å². The molecular weight excluding hydrogens is 228 g/mol. The predicted octanol–water partition coefficient (Wildman–Crippen LogP) is 2.63. The van der Waals surface area contributed by atoms with Gasteiger partial charge in [-0.25, -0.2) is 4.98 Å². The lowest BCUT2D eigenvalue weighted by Gasteiger charge is -2.17. The summed E-state index contributed by atoms with van der Waals surface area (Å²) in [5.74, 6) is 1.70. The van der Waals surface area contributed by atoms with Crippen molar-refractivity contribution < 1.29 is 4.74 Å². The Morgan fingerprint density at radius 1 is 1.28 bits per heavy atom. The van der Waals surface area contributed by atoms with E-state index in [2.05, 4.69) is 30.7 Å². The molecule has 0 bridgehead atoms. The summed E-state index contributed by atoms with van der Waals surface area (Å²) in [5, 5.41) is 0. The van der Waals surface area contributed by atoms with E-state index in [1.807, 2.05) is 10.6 Å². The van der Waals surface area contributed by atoms with Crippen molar-refractivity contribution in [1.29, 1.82) is 0 Å². The fourth-order valence-corrected chi connectivity index (χ4v) is 2.31. The number of hydrogen-bond donors (Lipinski definition) is 1. The number of pyridine rings is 1. The van der Waals surface area contributed by atoms with Gasteiger partial charge >= 0.3 is 0 Å². The second-order valence-electron chi connectivity index (χ2n) is 5.01. The standard InChI is InChI=1S/C13H20N4O/c1-8(2)7-9(3)17-12-10(15-13(17)14)5-6-11(16-12)18-4/h5-6,8-9H,7H2,1-4H3,(H2,14,15). The van der Waals surface area contributed by atoms with Gasteiger partial charge in [-0.05, 0) is 25.3 Å². The highest BCUT2D eigenvalue weighted by molar-refractivity contribution is 5.75. The lowest BCUT2D eigenvalue weighted by molar-refractivity contribution is 0.397. The zero-order valence-electron chi connectivity index (χ0n) is 11.3. The van der Waals surface area contributed by atoms with Gasteiger partial charge in [0.2, 0.25) is 11.8 Å². The van der Waals surface area contributed by atoms with Gasteiger partial charge in [0.15, 0.2) is 5.65 Å². The van der Waals surface area contributed by atoms with E-state index in [1.54, 1.807) is 13.2 Å². The minimum Gasteiger partial charge on any atom is -0.481 e. The van der Waals surface area contributed by atoms with E-state index in [-0.39, 0.29) is 6.04 Å². The summed E-state index contributed by atoms with van der Waals surface area (Å²) in [6, 6.07) is 3.96. The van der Waals surface area contributed by atoms with Gasteiger partial charge < -0.3 is 10.5 Å². The smallest absolute Gasteiger partial charge is 0.215 e. The summed E-state index contributed by atoms with van der Waals surface area (Å²) in [4.78, 5) is 8.78. The fourth-order valence-electron chi connectivity index (χ4n) is 2.31. The van der Waals surface area contributed by atoms with Gasteiger partial charge in [0.1, 0.15) is 5.52 Å². The molecule has 2 rings (SSSR count). The SMILES string of the molecule is COc1ccc2nc(N)n(C(C)CC(C)C)c2n1. The second kappa shape index (κ2) is 4.84. The van der Waals surface area contributed by atoms with Crippen LogP contribution in [-0.2, 0) is 0 Å². The molecule has 2 heterocycles. The van der Waals surface area contributed by atoms with Crippen LogP contribution >= 0.6 is 0 Å². The quantitative estimate of drug-likeness (QED) is 0.903. The van der Waals surface area contributed by atoms with Gasteiger partial charge in [0.05, 0.1) is 7.11 Å². The Balaban J connectivity index is 2.50. The number of fused-ring (bicyclic) bond motifs is 1. The van der Waals surface area contributed by atoms with Crippen LogP contribution in [0, 0.1) is 5.92 Å². The molecule has 0 spiro atoms. The molecule has 0 saturated heterocycles. The van der Waals surface area contributed by atoms with E-state index in [1.165, 1.54) is 0 Å². The van der Waals surface area contributed by atoms with Crippen LogP contribution in [0.4, 0.5) is 5.95 Å². The summed E-state index contributed by atoms with van der Waals surface area (Å²) in [6.07, 6.45) is 1.04. The van der Waals surface area contributed by atoms with Crippen molar-refractivity contribution in [3.63, 3.8) is 0 Å². The zero-order chi connectivity index (χ0) is 13.3. The fraction of sp³-hybridized carbons (Fsp3) is 0.538. The molecule has 1 atom stereocenters. The maximum Gasteiger partial charge on any atom is 0.215 e. The molecule has 0 aliphatic carbocycles. The van der Waals surface area contributed by atoms with E-state index in [4.69, 9.17) is 10.5 Å². The third-order valence-electron chi connectivity index (χ3n) is 3.00. The largest absolute Gasteiger partial charge is 0.481 e. The van der Waals surface area contributed by atoms with E-state index in [0.717, 1.165) is 17.6 Å². The van der Waals surface area contributed by atoms with Crippen molar-refractivity contribution >= 4 is 17.1 Å². The molecule has 0 aliphatic heterocycles. The minimum absolute atomic E-state index is 0.273. The number of ether oxygens (including phenoxy) is 1. The van der Waals surface area contributed by atoms with Crippen molar-refractivity contribution in [3.8, 4) is 5.88 Å². The third-order valence-corrected chi connectivity index (χ3v) is 3.00. The van der Waals surface area contributed by atoms with E-state index in [9.17, 15) is 0 Å². The third kappa shape index (κ3) is 2.25. The molecule has 0 fully saturated rings. The Kier molecular flexibility index (Phi) is 3.41. The van der Waals surface area contributed by atoms with Crippen LogP contribution < -0.4 is 10.5 Å². The number of nitrogens with two attached hydrogens (primary N) is 1. The highest BCUT2D eigenvalue weighted by Crippen LogP contribution is 2.26. The number of hydrogen-bond acceptors (Lipinski definition) is 4. The van der Waals surface area contributed by atoms with E-state index < -0.39 is 0 Å². The van der Waals surface area contributed by atoms with E-state index in [0.29, 0.717) is 17.7 Å². The number of nitrogen functional groups attached to an aromatic ring is 1. The molecule has 2 aromatic rings.